The van der Waals surface area contributed by atoms with Crippen LogP contribution in [0.25, 0.3) is 0 Å². The van der Waals surface area contributed by atoms with E-state index in [0.29, 0.717) is 13.1 Å². The molecular formula is C17H22N4O5S3. The Bertz CT molecular complexity index is 1100. The summed E-state index contributed by atoms with van der Waals surface area (Å²) in [6, 6.07) is 7.14. The van der Waals surface area contributed by atoms with Crippen molar-refractivity contribution in [1.82, 2.24) is 13.6 Å². The molecule has 158 valence electrons. The van der Waals surface area contributed by atoms with Crippen molar-refractivity contribution in [3.8, 4) is 0 Å². The molecule has 0 bridgehead atoms. The first kappa shape index (κ1) is 21.8. The Morgan fingerprint density at radius 1 is 1.10 bits per heavy atom. The molecule has 1 saturated heterocycles. The van der Waals surface area contributed by atoms with Gasteiger partial charge in [-0.3, -0.25) is 4.79 Å². The molecule has 1 aliphatic rings. The van der Waals surface area contributed by atoms with Crippen LogP contribution in [-0.2, 0) is 20.0 Å². The molecule has 9 nitrogen and oxygen atoms in total. The standard InChI is InChI=1S/C17H22N4O5S3/c1-20(2)28(23,24)14-5-3-4-13(10-14)19-17(22)16-11-15(12-18-16)29(25,26)21-6-8-27-9-7-21/h3-5,10-12,18H,6-9H2,1-2H3,(H,19,22). The van der Waals surface area contributed by atoms with E-state index in [1.807, 2.05) is 0 Å². The maximum Gasteiger partial charge on any atom is 0.272 e. The highest BCUT2D eigenvalue weighted by Crippen LogP contribution is 2.22. The highest BCUT2D eigenvalue weighted by Gasteiger charge is 2.28. The monoisotopic (exact) mass is 458 g/mol. The summed E-state index contributed by atoms with van der Waals surface area (Å²) in [5, 5.41) is 2.59. The third kappa shape index (κ3) is 4.67. The molecule has 0 atom stereocenters. The van der Waals surface area contributed by atoms with Crippen LogP contribution in [0.3, 0.4) is 0 Å². The average molecular weight is 459 g/mol. The second-order valence-corrected chi connectivity index (χ2v) is 11.8. The van der Waals surface area contributed by atoms with E-state index in [1.54, 1.807) is 17.8 Å². The Labute approximate surface area is 174 Å². The molecule has 1 aromatic carbocycles. The highest BCUT2D eigenvalue weighted by molar-refractivity contribution is 7.99. The van der Waals surface area contributed by atoms with E-state index in [2.05, 4.69) is 10.3 Å². The van der Waals surface area contributed by atoms with Crippen molar-refractivity contribution in [2.45, 2.75) is 9.79 Å². The lowest BCUT2D eigenvalue weighted by molar-refractivity contribution is 0.102. The molecular weight excluding hydrogens is 436 g/mol. The Hall–Kier alpha value is -1.86. The van der Waals surface area contributed by atoms with E-state index in [0.717, 1.165) is 15.8 Å². The maximum absolute atomic E-state index is 12.7. The fraction of sp³-hybridized carbons (Fsp3) is 0.353. The number of thioether (sulfide) groups is 1. The molecule has 0 radical (unpaired) electrons. The van der Waals surface area contributed by atoms with Crippen LogP contribution in [0, 0.1) is 0 Å². The predicted octanol–water partition coefficient (Wildman–Crippen LogP) is 1.25. The molecule has 1 aromatic heterocycles. The molecule has 1 amide bonds. The van der Waals surface area contributed by atoms with Gasteiger partial charge in [-0.15, -0.1) is 0 Å². The van der Waals surface area contributed by atoms with E-state index in [9.17, 15) is 21.6 Å². The summed E-state index contributed by atoms with van der Waals surface area (Å²) < 4.78 is 52.3. The van der Waals surface area contributed by atoms with Crippen LogP contribution in [0.2, 0.25) is 0 Å². The van der Waals surface area contributed by atoms with E-state index in [4.69, 9.17) is 0 Å². The molecule has 12 heteroatoms. The Balaban J connectivity index is 1.78. The molecule has 2 aromatic rings. The molecule has 29 heavy (non-hydrogen) atoms. The number of nitrogens with zero attached hydrogens (tertiary/aromatic N) is 2. The smallest absolute Gasteiger partial charge is 0.272 e. The van der Waals surface area contributed by atoms with Crippen molar-refractivity contribution in [1.29, 1.82) is 0 Å². The van der Waals surface area contributed by atoms with Gasteiger partial charge in [0.2, 0.25) is 20.0 Å². The van der Waals surface area contributed by atoms with Gasteiger partial charge in [0.05, 0.1) is 4.90 Å². The number of hydrogen-bond acceptors (Lipinski definition) is 6. The lowest BCUT2D eigenvalue weighted by atomic mass is 10.3. The zero-order chi connectivity index (χ0) is 21.2. The zero-order valence-corrected chi connectivity index (χ0v) is 18.4. The van der Waals surface area contributed by atoms with Gasteiger partial charge in [0.25, 0.3) is 5.91 Å². The summed E-state index contributed by atoms with van der Waals surface area (Å²) in [6.07, 6.45) is 1.29. The summed E-state index contributed by atoms with van der Waals surface area (Å²) in [5.74, 6) is 0.909. The van der Waals surface area contributed by atoms with E-state index in [1.165, 1.54) is 48.9 Å². The number of aromatic amines is 1. The summed E-state index contributed by atoms with van der Waals surface area (Å²) in [5.41, 5.74) is 0.348. The average Bonchev–Trinajstić information content (AvgIpc) is 3.20. The van der Waals surface area contributed by atoms with E-state index >= 15 is 0 Å². The minimum Gasteiger partial charge on any atom is -0.356 e. The third-order valence-electron chi connectivity index (χ3n) is 4.38. The first-order valence-electron chi connectivity index (χ1n) is 8.72. The van der Waals surface area contributed by atoms with Gasteiger partial charge in [-0.2, -0.15) is 16.1 Å². The molecule has 0 saturated carbocycles. The normalized spacial score (nSPS) is 16.1. The van der Waals surface area contributed by atoms with E-state index in [-0.39, 0.29) is 21.2 Å². The summed E-state index contributed by atoms with van der Waals surface area (Å²) in [7, 11) is -4.46. The number of amides is 1. The van der Waals surface area contributed by atoms with Crippen molar-refractivity contribution < 1.29 is 21.6 Å². The Kier molecular flexibility index (Phi) is 6.39. The number of anilines is 1. The van der Waals surface area contributed by atoms with Crippen LogP contribution < -0.4 is 5.32 Å². The van der Waals surface area contributed by atoms with Gasteiger partial charge in [0.15, 0.2) is 0 Å². The summed E-state index contributed by atoms with van der Waals surface area (Å²) in [4.78, 5) is 15.3. The minimum absolute atomic E-state index is 0.0264. The quantitative estimate of drug-likeness (QED) is 0.672. The lowest BCUT2D eigenvalue weighted by Crippen LogP contribution is -2.37. The van der Waals surface area contributed by atoms with Crippen LogP contribution in [0.4, 0.5) is 5.69 Å². The van der Waals surface area contributed by atoms with Crippen LogP contribution >= 0.6 is 11.8 Å². The SMILES string of the molecule is CN(C)S(=O)(=O)c1cccc(NC(=O)c2cc(S(=O)(=O)N3CCSCC3)c[nH]2)c1. The van der Waals surface area contributed by atoms with Crippen molar-refractivity contribution in [2.24, 2.45) is 0 Å². The minimum atomic E-state index is -3.66. The van der Waals surface area contributed by atoms with Crippen molar-refractivity contribution in [3.05, 3.63) is 42.2 Å². The largest absolute Gasteiger partial charge is 0.356 e. The third-order valence-corrected chi connectivity index (χ3v) is 9.01. The van der Waals surface area contributed by atoms with Crippen LogP contribution in [-0.4, -0.2) is 75.0 Å². The zero-order valence-electron chi connectivity index (χ0n) is 16.0. The first-order valence-corrected chi connectivity index (χ1v) is 12.8. The predicted molar refractivity (Wildman–Crippen MR) is 112 cm³/mol. The molecule has 1 aliphatic heterocycles. The fourth-order valence-corrected chi connectivity index (χ4v) is 6.25. The molecule has 0 unspecified atom stereocenters. The molecule has 2 N–H and O–H groups in total. The fourth-order valence-electron chi connectivity index (χ4n) is 2.73. The van der Waals surface area contributed by atoms with Crippen molar-refractivity contribution >= 4 is 43.4 Å². The molecule has 0 aliphatic carbocycles. The molecule has 1 fully saturated rings. The topological polar surface area (TPSA) is 120 Å². The van der Waals surface area contributed by atoms with Gasteiger partial charge in [0, 0.05) is 50.6 Å². The highest BCUT2D eigenvalue weighted by atomic mass is 32.2. The van der Waals surface area contributed by atoms with Crippen molar-refractivity contribution in [3.63, 3.8) is 0 Å². The molecule has 2 heterocycles. The van der Waals surface area contributed by atoms with Gasteiger partial charge >= 0.3 is 0 Å². The second-order valence-electron chi connectivity index (χ2n) is 6.53. The number of sulfonamides is 2. The number of nitrogens with one attached hydrogen (secondary N) is 2. The van der Waals surface area contributed by atoms with Crippen molar-refractivity contribution in [2.75, 3.05) is 44.0 Å². The van der Waals surface area contributed by atoms with Gasteiger partial charge in [-0.25, -0.2) is 21.1 Å². The second kappa shape index (κ2) is 8.48. The van der Waals surface area contributed by atoms with Crippen LogP contribution in [0.5, 0.6) is 0 Å². The number of rotatable bonds is 6. The molecule has 3 rings (SSSR count). The number of hydrogen-bond donors (Lipinski definition) is 2. The number of benzene rings is 1. The first-order chi connectivity index (χ1) is 13.6. The maximum atomic E-state index is 12.7. The number of H-pyrrole nitrogens is 1. The number of carbonyl (C=O) groups is 1. The summed E-state index contributed by atoms with van der Waals surface area (Å²) >= 11 is 1.70. The Morgan fingerprint density at radius 2 is 1.79 bits per heavy atom. The van der Waals surface area contributed by atoms with Gasteiger partial charge < -0.3 is 10.3 Å². The lowest BCUT2D eigenvalue weighted by Gasteiger charge is -2.24. The number of carbonyl (C=O) groups excluding carboxylic acids is 1. The van der Waals surface area contributed by atoms with Gasteiger partial charge in [-0.1, -0.05) is 6.07 Å². The van der Waals surface area contributed by atoms with Crippen LogP contribution in [0.1, 0.15) is 10.5 Å². The van der Waals surface area contributed by atoms with Gasteiger partial charge in [-0.05, 0) is 24.3 Å². The molecule has 0 spiro atoms. The Morgan fingerprint density at radius 3 is 2.45 bits per heavy atom. The van der Waals surface area contributed by atoms with Crippen LogP contribution in [0.15, 0.2) is 46.3 Å². The van der Waals surface area contributed by atoms with Gasteiger partial charge in [0.1, 0.15) is 10.6 Å². The summed E-state index contributed by atoms with van der Waals surface area (Å²) in [6.45, 7) is 0.875. The number of aromatic nitrogens is 1. The van der Waals surface area contributed by atoms with E-state index < -0.39 is 26.0 Å².